The molecule has 0 spiro atoms. The number of hydrogen-bond acceptors (Lipinski definition) is 4. The van der Waals surface area contributed by atoms with Gasteiger partial charge in [-0.25, -0.2) is 0 Å². The zero-order chi connectivity index (χ0) is 22.5. The average molecular weight is 431 g/mol. The normalized spacial score (nSPS) is 15.4. The van der Waals surface area contributed by atoms with Gasteiger partial charge in [-0.1, -0.05) is 29.8 Å². The quantitative estimate of drug-likeness (QED) is 0.475. The first-order chi connectivity index (χ1) is 15.6. The molecule has 2 aromatic carbocycles. The van der Waals surface area contributed by atoms with Gasteiger partial charge >= 0.3 is 5.97 Å². The van der Waals surface area contributed by atoms with Crippen LogP contribution in [0, 0.1) is 24.2 Å². The molecule has 0 aliphatic carbocycles. The largest absolute Gasteiger partial charge is 0.466 e. The van der Waals surface area contributed by atoms with Crippen LogP contribution < -0.4 is 0 Å². The van der Waals surface area contributed by atoms with Gasteiger partial charge in [-0.2, -0.15) is 5.26 Å². The molecule has 0 bridgehead atoms. The maximum Gasteiger partial charge on any atom is 0.306 e. The van der Waals surface area contributed by atoms with E-state index in [1.807, 2.05) is 31.2 Å². The summed E-state index contributed by atoms with van der Waals surface area (Å²) in [4.78, 5) is 12.6. The van der Waals surface area contributed by atoms with Gasteiger partial charge < -0.3 is 14.0 Å². The fourth-order valence-corrected chi connectivity index (χ4v) is 4.71. The Kier molecular flexibility index (Phi) is 6.92. The summed E-state index contributed by atoms with van der Waals surface area (Å²) < 4.78 is 13.2. The molecule has 5 heteroatoms. The lowest BCUT2D eigenvalue weighted by atomic mass is 9.87. The molecule has 166 valence electrons. The second-order valence-corrected chi connectivity index (χ2v) is 8.61. The van der Waals surface area contributed by atoms with Crippen molar-refractivity contribution in [2.75, 3.05) is 19.8 Å². The van der Waals surface area contributed by atoms with E-state index in [9.17, 15) is 10.1 Å². The van der Waals surface area contributed by atoms with Gasteiger partial charge in [0.1, 0.15) is 0 Å². The van der Waals surface area contributed by atoms with Crippen LogP contribution in [0.15, 0.2) is 48.7 Å². The first-order valence-corrected chi connectivity index (χ1v) is 11.4. The molecule has 0 radical (unpaired) electrons. The Bertz CT molecular complexity index is 1140. The number of hydrogen-bond donors (Lipinski definition) is 0. The van der Waals surface area contributed by atoms with Gasteiger partial charge in [-0.15, -0.1) is 0 Å². The Morgan fingerprint density at radius 1 is 1.25 bits per heavy atom. The molecule has 0 N–H and O–H groups in total. The Morgan fingerprint density at radius 3 is 2.78 bits per heavy atom. The zero-order valence-corrected chi connectivity index (χ0v) is 18.8. The SMILES string of the molecule is CCOC(=O)CC(c1cccc(C)c1)c1cn(CC2CCOCC2)c2ccc(C#N)cc12. The van der Waals surface area contributed by atoms with Crippen LogP contribution in [0.1, 0.15) is 54.4 Å². The molecule has 0 saturated carbocycles. The minimum atomic E-state index is -0.208. The highest BCUT2D eigenvalue weighted by molar-refractivity contribution is 5.87. The molecule has 1 fully saturated rings. The highest BCUT2D eigenvalue weighted by atomic mass is 16.5. The molecule has 1 saturated heterocycles. The van der Waals surface area contributed by atoms with Crippen molar-refractivity contribution in [3.63, 3.8) is 0 Å². The van der Waals surface area contributed by atoms with Crippen molar-refractivity contribution >= 4 is 16.9 Å². The van der Waals surface area contributed by atoms with E-state index in [-0.39, 0.29) is 18.3 Å². The van der Waals surface area contributed by atoms with Crippen LogP contribution >= 0.6 is 0 Å². The number of nitrogens with zero attached hydrogens (tertiary/aromatic N) is 2. The van der Waals surface area contributed by atoms with Crippen LogP contribution in [0.2, 0.25) is 0 Å². The minimum absolute atomic E-state index is 0.138. The Morgan fingerprint density at radius 2 is 2.06 bits per heavy atom. The fraction of sp³-hybridized carbons (Fsp3) is 0.407. The predicted molar refractivity (Wildman–Crippen MR) is 124 cm³/mol. The number of esters is 1. The molecule has 1 aliphatic rings. The second kappa shape index (κ2) is 10.0. The van der Waals surface area contributed by atoms with Gasteiger partial charge in [-0.3, -0.25) is 4.79 Å². The molecule has 1 atom stereocenters. The lowest BCUT2D eigenvalue weighted by Gasteiger charge is -2.23. The smallest absolute Gasteiger partial charge is 0.306 e. The lowest BCUT2D eigenvalue weighted by molar-refractivity contribution is -0.143. The molecule has 32 heavy (non-hydrogen) atoms. The molecule has 3 aromatic rings. The number of fused-ring (bicyclic) bond motifs is 1. The minimum Gasteiger partial charge on any atom is -0.466 e. The zero-order valence-electron chi connectivity index (χ0n) is 18.8. The van der Waals surface area contributed by atoms with Gasteiger partial charge in [0.05, 0.1) is 24.7 Å². The molecular formula is C27H30N2O3. The molecule has 1 unspecified atom stereocenters. The van der Waals surface area contributed by atoms with E-state index in [0.29, 0.717) is 18.1 Å². The number of ether oxygens (including phenoxy) is 2. The Balaban J connectivity index is 1.82. The molecule has 2 heterocycles. The van der Waals surface area contributed by atoms with Crippen molar-refractivity contribution in [3.8, 4) is 6.07 Å². The number of aryl methyl sites for hydroxylation is 1. The van der Waals surface area contributed by atoms with Crippen LogP contribution in [-0.4, -0.2) is 30.4 Å². The van der Waals surface area contributed by atoms with Gasteiger partial charge in [-0.05, 0) is 61.9 Å². The predicted octanol–water partition coefficient (Wildman–Crippen LogP) is 5.33. The number of carbonyl (C=O) groups excluding carboxylic acids is 1. The number of aromatic nitrogens is 1. The molecule has 0 amide bonds. The van der Waals surface area contributed by atoms with Crippen LogP contribution in [0.4, 0.5) is 0 Å². The van der Waals surface area contributed by atoms with Crippen molar-refractivity contribution in [1.29, 1.82) is 5.26 Å². The van der Waals surface area contributed by atoms with Crippen molar-refractivity contribution in [3.05, 3.63) is 70.9 Å². The third-order valence-electron chi connectivity index (χ3n) is 6.33. The number of nitriles is 1. The van der Waals surface area contributed by atoms with Crippen molar-refractivity contribution in [2.45, 2.75) is 45.6 Å². The topological polar surface area (TPSA) is 64.2 Å². The molecular weight excluding hydrogens is 400 g/mol. The van der Waals surface area contributed by atoms with Crippen molar-refractivity contribution < 1.29 is 14.3 Å². The summed E-state index contributed by atoms with van der Waals surface area (Å²) in [5, 5.41) is 10.6. The third-order valence-corrected chi connectivity index (χ3v) is 6.33. The summed E-state index contributed by atoms with van der Waals surface area (Å²) in [5.41, 5.74) is 5.04. The summed E-state index contributed by atoms with van der Waals surface area (Å²) in [6, 6.07) is 16.4. The highest BCUT2D eigenvalue weighted by Crippen LogP contribution is 2.36. The van der Waals surface area contributed by atoms with Crippen LogP contribution in [0.3, 0.4) is 0 Å². The number of rotatable bonds is 7. The molecule has 1 aromatic heterocycles. The standard InChI is InChI=1S/C27H30N2O3/c1-3-32-27(30)15-23(22-6-4-5-19(2)13-22)25-18-29(17-20-9-11-31-12-10-20)26-8-7-21(16-28)14-24(25)26/h4-8,13-14,18,20,23H,3,9-12,15,17H2,1-2H3. The van der Waals surface area contributed by atoms with E-state index in [1.165, 1.54) is 0 Å². The van der Waals surface area contributed by atoms with Gasteiger partial charge in [0, 0.05) is 42.8 Å². The molecule has 5 nitrogen and oxygen atoms in total. The fourth-order valence-electron chi connectivity index (χ4n) is 4.71. The average Bonchev–Trinajstić information content (AvgIpc) is 3.15. The highest BCUT2D eigenvalue weighted by Gasteiger charge is 2.25. The summed E-state index contributed by atoms with van der Waals surface area (Å²) >= 11 is 0. The van der Waals surface area contributed by atoms with Gasteiger partial charge in [0.15, 0.2) is 0 Å². The van der Waals surface area contributed by atoms with E-state index in [0.717, 1.165) is 60.2 Å². The van der Waals surface area contributed by atoms with Gasteiger partial charge in [0.25, 0.3) is 0 Å². The summed E-state index contributed by atoms with van der Waals surface area (Å²) in [5.74, 6) is 0.215. The summed E-state index contributed by atoms with van der Waals surface area (Å²) in [6.07, 6.45) is 4.56. The Hall–Kier alpha value is -3.10. The monoisotopic (exact) mass is 430 g/mol. The Labute approximate surface area is 189 Å². The van der Waals surface area contributed by atoms with E-state index in [2.05, 4.69) is 42.0 Å². The summed E-state index contributed by atoms with van der Waals surface area (Å²) in [7, 11) is 0. The van der Waals surface area contributed by atoms with Crippen molar-refractivity contribution in [2.24, 2.45) is 5.92 Å². The van der Waals surface area contributed by atoms with E-state index >= 15 is 0 Å². The first kappa shape index (κ1) is 22.1. The van der Waals surface area contributed by atoms with E-state index in [4.69, 9.17) is 9.47 Å². The van der Waals surface area contributed by atoms with E-state index < -0.39 is 0 Å². The van der Waals surface area contributed by atoms with Gasteiger partial charge in [0.2, 0.25) is 0 Å². The molecule has 4 rings (SSSR count). The second-order valence-electron chi connectivity index (χ2n) is 8.61. The van der Waals surface area contributed by atoms with Crippen LogP contribution in [0.25, 0.3) is 10.9 Å². The molecule has 1 aliphatic heterocycles. The van der Waals surface area contributed by atoms with Crippen LogP contribution in [-0.2, 0) is 20.8 Å². The maximum absolute atomic E-state index is 12.6. The van der Waals surface area contributed by atoms with Crippen LogP contribution in [0.5, 0.6) is 0 Å². The first-order valence-electron chi connectivity index (χ1n) is 11.4. The van der Waals surface area contributed by atoms with Crippen molar-refractivity contribution in [1.82, 2.24) is 4.57 Å². The summed E-state index contributed by atoms with van der Waals surface area (Å²) in [6.45, 7) is 6.79. The number of carbonyl (C=O) groups is 1. The lowest BCUT2D eigenvalue weighted by Crippen LogP contribution is -2.20. The maximum atomic E-state index is 12.6. The third kappa shape index (κ3) is 4.87. The van der Waals surface area contributed by atoms with E-state index in [1.54, 1.807) is 0 Å². The number of benzene rings is 2.